The number of aromatic nitrogens is 2. The fourth-order valence-electron chi connectivity index (χ4n) is 1.74. The zero-order chi connectivity index (χ0) is 10.8. The lowest BCUT2D eigenvalue weighted by atomic mass is 10.2. The second-order valence-electron chi connectivity index (χ2n) is 3.56. The van der Waals surface area contributed by atoms with Crippen molar-refractivity contribution in [3.8, 4) is 0 Å². The zero-order valence-electron chi connectivity index (χ0n) is 8.46. The van der Waals surface area contributed by atoms with Crippen LogP contribution in [0.25, 0.3) is 0 Å². The second kappa shape index (κ2) is 4.20. The summed E-state index contributed by atoms with van der Waals surface area (Å²) < 4.78 is 1.73. The van der Waals surface area contributed by atoms with E-state index in [1.807, 2.05) is 7.05 Å². The minimum atomic E-state index is 0.0384. The lowest BCUT2D eigenvalue weighted by Gasteiger charge is -2.16. The van der Waals surface area contributed by atoms with E-state index in [0.29, 0.717) is 24.5 Å². The summed E-state index contributed by atoms with van der Waals surface area (Å²) in [5.41, 5.74) is 0.916. The molecular formula is C9H13ClN4O. The normalized spacial score (nSPS) is 22.3. The van der Waals surface area contributed by atoms with Crippen LogP contribution >= 0.6 is 11.6 Å². The van der Waals surface area contributed by atoms with Crippen molar-refractivity contribution in [1.82, 2.24) is 20.4 Å². The average Bonchev–Trinajstić information content (AvgIpc) is 2.41. The molecule has 2 heterocycles. The largest absolute Gasteiger partial charge is 0.354 e. The Morgan fingerprint density at radius 1 is 1.67 bits per heavy atom. The molecule has 0 saturated carbocycles. The van der Waals surface area contributed by atoms with Crippen molar-refractivity contribution >= 4 is 17.5 Å². The maximum Gasteiger partial charge on any atom is 0.221 e. The van der Waals surface area contributed by atoms with Crippen molar-refractivity contribution in [3.05, 3.63) is 16.9 Å². The van der Waals surface area contributed by atoms with Gasteiger partial charge < -0.3 is 10.6 Å². The van der Waals surface area contributed by atoms with Gasteiger partial charge in [0.05, 0.1) is 23.0 Å². The molecule has 2 N–H and O–H groups in total. The topological polar surface area (TPSA) is 59.0 Å². The number of rotatable bonds is 1. The van der Waals surface area contributed by atoms with Gasteiger partial charge in [-0.1, -0.05) is 11.6 Å². The van der Waals surface area contributed by atoms with Gasteiger partial charge in [0.25, 0.3) is 0 Å². The van der Waals surface area contributed by atoms with E-state index < -0.39 is 0 Å². The van der Waals surface area contributed by atoms with Gasteiger partial charge in [0.15, 0.2) is 0 Å². The fourth-order valence-corrected chi connectivity index (χ4v) is 2.04. The molecule has 5 nitrogen and oxygen atoms in total. The van der Waals surface area contributed by atoms with Crippen molar-refractivity contribution in [1.29, 1.82) is 0 Å². The van der Waals surface area contributed by atoms with Crippen LogP contribution in [0, 0.1) is 0 Å². The Morgan fingerprint density at radius 2 is 2.47 bits per heavy atom. The molecule has 82 valence electrons. The Labute approximate surface area is 92.8 Å². The Bertz CT molecular complexity index is 357. The molecule has 1 aliphatic heterocycles. The first-order valence-corrected chi connectivity index (χ1v) is 5.24. The number of aryl methyl sites for hydroxylation is 1. The summed E-state index contributed by atoms with van der Waals surface area (Å²) in [7, 11) is 1.84. The smallest absolute Gasteiger partial charge is 0.221 e. The number of nitrogens with zero attached hydrogens (tertiary/aromatic N) is 2. The van der Waals surface area contributed by atoms with Crippen LogP contribution in [-0.2, 0) is 11.8 Å². The zero-order valence-corrected chi connectivity index (χ0v) is 9.21. The van der Waals surface area contributed by atoms with E-state index >= 15 is 0 Å². The third-order valence-corrected chi connectivity index (χ3v) is 2.81. The van der Waals surface area contributed by atoms with Crippen LogP contribution in [0.5, 0.6) is 0 Å². The van der Waals surface area contributed by atoms with Crippen LogP contribution in [0.15, 0.2) is 6.20 Å². The number of amides is 1. The number of nitrogens with one attached hydrogen (secondary N) is 2. The van der Waals surface area contributed by atoms with Crippen LogP contribution in [0.2, 0.25) is 5.02 Å². The molecule has 1 atom stereocenters. The van der Waals surface area contributed by atoms with Gasteiger partial charge in [-0.2, -0.15) is 5.10 Å². The third kappa shape index (κ3) is 2.13. The summed E-state index contributed by atoms with van der Waals surface area (Å²) in [5.74, 6) is 0.0725. The van der Waals surface area contributed by atoms with Crippen LogP contribution in [0.1, 0.15) is 18.2 Å². The first-order chi connectivity index (χ1) is 7.18. The van der Waals surface area contributed by atoms with Crippen molar-refractivity contribution in [2.45, 2.75) is 12.5 Å². The van der Waals surface area contributed by atoms with E-state index in [2.05, 4.69) is 15.7 Å². The lowest BCUT2D eigenvalue weighted by molar-refractivity contribution is -0.120. The lowest BCUT2D eigenvalue weighted by Crippen LogP contribution is -2.30. The number of hydrogen-bond acceptors (Lipinski definition) is 3. The van der Waals surface area contributed by atoms with Crippen molar-refractivity contribution in [2.24, 2.45) is 7.05 Å². The molecule has 15 heavy (non-hydrogen) atoms. The highest BCUT2D eigenvalue weighted by molar-refractivity contribution is 6.31. The summed E-state index contributed by atoms with van der Waals surface area (Å²) in [6.07, 6.45) is 2.12. The summed E-state index contributed by atoms with van der Waals surface area (Å²) in [6.45, 7) is 1.22. The monoisotopic (exact) mass is 228 g/mol. The molecule has 1 aromatic rings. The highest BCUT2D eigenvalue weighted by Crippen LogP contribution is 2.22. The minimum Gasteiger partial charge on any atom is -0.354 e. The van der Waals surface area contributed by atoms with Gasteiger partial charge >= 0.3 is 0 Å². The molecule has 2 rings (SSSR count). The predicted molar refractivity (Wildman–Crippen MR) is 56.6 cm³/mol. The maximum absolute atomic E-state index is 11.2. The van der Waals surface area contributed by atoms with E-state index in [1.54, 1.807) is 10.9 Å². The Hall–Kier alpha value is -1.07. The fraction of sp³-hybridized carbons (Fsp3) is 0.556. The van der Waals surface area contributed by atoms with Gasteiger partial charge in [-0.3, -0.25) is 9.48 Å². The molecule has 0 spiro atoms. The number of halogens is 1. The van der Waals surface area contributed by atoms with E-state index in [-0.39, 0.29) is 11.9 Å². The first kappa shape index (κ1) is 10.4. The molecular weight excluding hydrogens is 216 g/mol. The second-order valence-corrected chi connectivity index (χ2v) is 3.97. The number of carbonyl (C=O) groups is 1. The summed E-state index contributed by atoms with van der Waals surface area (Å²) in [4.78, 5) is 11.2. The van der Waals surface area contributed by atoms with Crippen molar-refractivity contribution < 1.29 is 4.79 Å². The highest BCUT2D eigenvalue weighted by atomic mass is 35.5. The van der Waals surface area contributed by atoms with E-state index in [9.17, 15) is 4.79 Å². The van der Waals surface area contributed by atoms with Crippen LogP contribution < -0.4 is 10.6 Å². The highest BCUT2D eigenvalue weighted by Gasteiger charge is 2.21. The number of carbonyl (C=O) groups excluding carboxylic acids is 1. The molecule has 0 bridgehead atoms. The Kier molecular flexibility index (Phi) is 2.93. The van der Waals surface area contributed by atoms with Crippen LogP contribution in [-0.4, -0.2) is 28.8 Å². The summed E-state index contributed by atoms with van der Waals surface area (Å²) in [6, 6.07) is 0.0384. The first-order valence-electron chi connectivity index (χ1n) is 4.86. The maximum atomic E-state index is 11.2. The molecule has 1 saturated heterocycles. The molecule has 1 unspecified atom stereocenters. The molecule has 1 aliphatic rings. The number of hydrogen-bond donors (Lipinski definition) is 2. The standard InChI is InChI=1S/C9H13ClN4O/c1-14-9(6(10)4-13-14)7-5-12-8(15)2-3-11-7/h4,7,11H,2-3,5H2,1H3,(H,12,15). The van der Waals surface area contributed by atoms with E-state index in [1.165, 1.54) is 0 Å². The minimum absolute atomic E-state index is 0.0384. The summed E-state index contributed by atoms with van der Waals surface area (Å²) >= 11 is 6.03. The van der Waals surface area contributed by atoms with Gasteiger partial charge in [0, 0.05) is 26.6 Å². The van der Waals surface area contributed by atoms with Gasteiger partial charge in [-0.25, -0.2) is 0 Å². The molecule has 0 aromatic carbocycles. The third-order valence-electron chi connectivity index (χ3n) is 2.51. The molecule has 0 radical (unpaired) electrons. The SMILES string of the molecule is Cn1ncc(Cl)c1C1CNC(=O)CCN1. The molecule has 0 aliphatic carbocycles. The van der Waals surface area contributed by atoms with Crippen LogP contribution in [0.4, 0.5) is 0 Å². The molecule has 1 aromatic heterocycles. The molecule has 1 fully saturated rings. The van der Waals surface area contributed by atoms with Crippen molar-refractivity contribution in [2.75, 3.05) is 13.1 Å². The quantitative estimate of drug-likeness (QED) is 0.723. The van der Waals surface area contributed by atoms with E-state index in [0.717, 1.165) is 5.69 Å². The molecule has 1 amide bonds. The van der Waals surface area contributed by atoms with Crippen LogP contribution in [0.3, 0.4) is 0 Å². The van der Waals surface area contributed by atoms with Gasteiger partial charge in [0.1, 0.15) is 0 Å². The Morgan fingerprint density at radius 3 is 3.13 bits per heavy atom. The van der Waals surface area contributed by atoms with Gasteiger partial charge in [0.2, 0.25) is 5.91 Å². The Balaban J connectivity index is 2.19. The molecule has 6 heteroatoms. The van der Waals surface area contributed by atoms with Gasteiger partial charge in [-0.05, 0) is 0 Å². The average molecular weight is 229 g/mol. The predicted octanol–water partition coefficient (Wildman–Crippen LogP) is 0.224. The van der Waals surface area contributed by atoms with E-state index in [4.69, 9.17) is 11.6 Å². The summed E-state index contributed by atoms with van der Waals surface area (Å²) in [5, 5.41) is 10.8. The van der Waals surface area contributed by atoms with Gasteiger partial charge in [-0.15, -0.1) is 0 Å². The van der Waals surface area contributed by atoms with Crippen molar-refractivity contribution in [3.63, 3.8) is 0 Å².